The smallest absolute Gasteiger partial charge is 0.339 e. The summed E-state index contributed by atoms with van der Waals surface area (Å²) in [6.07, 6.45) is 1.46. The number of hydrogen-bond acceptors (Lipinski definition) is 6. The number of methoxy groups -OCH3 is 2. The first-order valence-corrected chi connectivity index (χ1v) is 7.42. The Morgan fingerprint density at radius 3 is 2.52 bits per heavy atom. The van der Waals surface area contributed by atoms with Crippen molar-refractivity contribution in [2.24, 2.45) is 0 Å². The van der Waals surface area contributed by atoms with Crippen LogP contribution in [0.25, 0.3) is 11.6 Å². The Bertz CT molecular complexity index is 887. The molecule has 0 saturated heterocycles. The minimum Gasteiger partial charge on any atom is -0.493 e. The second-order valence-corrected chi connectivity index (χ2v) is 5.31. The molecule has 2 aromatic carbocycles. The Morgan fingerprint density at radius 2 is 1.84 bits per heavy atom. The molecule has 1 aliphatic rings. The van der Waals surface area contributed by atoms with E-state index in [1.165, 1.54) is 26.4 Å². The number of benzene rings is 2. The molecule has 7 nitrogen and oxygen atoms in total. The lowest BCUT2D eigenvalue weighted by Crippen LogP contribution is -2.16. The van der Waals surface area contributed by atoms with Crippen LogP contribution in [0.15, 0.2) is 36.4 Å². The van der Waals surface area contributed by atoms with E-state index >= 15 is 0 Å². The van der Waals surface area contributed by atoms with Crippen LogP contribution in [0.1, 0.15) is 16.7 Å². The van der Waals surface area contributed by atoms with Gasteiger partial charge in [0.25, 0.3) is 5.69 Å². The third-order valence-electron chi connectivity index (χ3n) is 3.91. The molecular formula is C18H15NO6. The van der Waals surface area contributed by atoms with Gasteiger partial charge in [0.2, 0.25) is 0 Å². The van der Waals surface area contributed by atoms with Crippen molar-refractivity contribution >= 4 is 23.3 Å². The van der Waals surface area contributed by atoms with Crippen LogP contribution in [0.3, 0.4) is 0 Å². The Balaban J connectivity index is 2.19. The monoisotopic (exact) mass is 341 g/mol. The second kappa shape index (κ2) is 6.64. The normalized spacial score (nSPS) is 14.6. The summed E-state index contributed by atoms with van der Waals surface area (Å²) in [4.78, 5) is 23.0. The van der Waals surface area contributed by atoms with Crippen molar-refractivity contribution in [3.63, 3.8) is 0 Å². The highest BCUT2D eigenvalue weighted by Gasteiger charge is 2.26. The fraction of sp³-hybridized carbons (Fsp3) is 0.167. The maximum atomic E-state index is 12.3. The minimum absolute atomic E-state index is 0.0876. The molecule has 0 fully saturated rings. The zero-order chi connectivity index (χ0) is 18.0. The van der Waals surface area contributed by atoms with Crippen molar-refractivity contribution in [2.45, 2.75) is 6.61 Å². The van der Waals surface area contributed by atoms with Crippen molar-refractivity contribution in [2.75, 3.05) is 14.2 Å². The standard InChI is InChI=1S/C18H15NO6/c1-23-16-8-12-10-25-18(20)14(13(12)9-17(16)24-2)7-11-5-3-4-6-15(11)19(21)22/h3-9H,10H2,1-2H3. The highest BCUT2D eigenvalue weighted by Crippen LogP contribution is 2.38. The van der Waals surface area contributed by atoms with Gasteiger partial charge in [-0.3, -0.25) is 10.1 Å². The number of carbonyl (C=O) groups excluding carboxylic acids is 1. The van der Waals surface area contributed by atoms with Gasteiger partial charge in [0.15, 0.2) is 11.5 Å². The van der Waals surface area contributed by atoms with E-state index in [0.717, 1.165) is 5.56 Å². The molecule has 2 aromatic rings. The van der Waals surface area contributed by atoms with E-state index in [1.807, 2.05) is 0 Å². The van der Waals surface area contributed by atoms with E-state index in [9.17, 15) is 14.9 Å². The SMILES string of the molecule is COc1cc2c(cc1OC)C(=Cc1ccccc1[N+](=O)[O-])C(=O)OC2. The van der Waals surface area contributed by atoms with Crippen molar-refractivity contribution in [3.05, 3.63) is 63.2 Å². The number of nitro groups is 1. The second-order valence-electron chi connectivity index (χ2n) is 5.31. The van der Waals surface area contributed by atoms with Crippen LogP contribution in [0.2, 0.25) is 0 Å². The third-order valence-corrected chi connectivity index (χ3v) is 3.91. The molecule has 0 saturated carbocycles. The molecule has 1 aliphatic heterocycles. The molecule has 0 radical (unpaired) electrons. The molecule has 7 heteroatoms. The van der Waals surface area contributed by atoms with Crippen LogP contribution in [-0.2, 0) is 16.1 Å². The van der Waals surface area contributed by atoms with E-state index in [-0.39, 0.29) is 17.9 Å². The van der Waals surface area contributed by atoms with E-state index in [2.05, 4.69) is 0 Å². The fourth-order valence-electron chi connectivity index (χ4n) is 2.69. The van der Waals surface area contributed by atoms with Gasteiger partial charge >= 0.3 is 5.97 Å². The number of nitrogens with zero attached hydrogens (tertiary/aromatic N) is 1. The first-order chi connectivity index (χ1) is 12.0. The molecule has 0 spiro atoms. The molecule has 1 heterocycles. The average molecular weight is 341 g/mol. The van der Waals surface area contributed by atoms with Crippen molar-refractivity contribution in [3.8, 4) is 11.5 Å². The van der Waals surface area contributed by atoms with Crippen LogP contribution >= 0.6 is 0 Å². The predicted octanol–water partition coefficient (Wildman–Crippen LogP) is 3.21. The summed E-state index contributed by atoms with van der Waals surface area (Å²) < 4.78 is 15.7. The summed E-state index contributed by atoms with van der Waals surface area (Å²) in [6, 6.07) is 9.61. The molecule has 25 heavy (non-hydrogen) atoms. The highest BCUT2D eigenvalue weighted by molar-refractivity contribution is 6.23. The molecule has 0 aromatic heterocycles. The quantitative estimate of drug-likeness (QED) is 0.367. The first kappa shape index (κ1) is 16.5. The molecule has 3 rings (SSSR count). The van der Waals surface area contributed by atoms with Crippen LogP contribution in [0.5, 0.6) is 11.5 Å². The maximum absolute atomic E-state index is 12.3. The largest absolute Gasteiger partial charge is 0.493 e. The predicted molar refractivity (Wildman–Crippen MR) is 90.3 cm³/mol. The summed E-state index contributed by atoms with van der Waals surface area (Å²) in [5.41, 5.74) is 1.81. The zero-order valence-electron chi connectivity index (χ0n) is 13.6. The van der Waals surface area contributed by atoms with E-state index in [1.54, 1.807) is 30.3 Å². The fourth-order valence-corrected chi connectivity index (χ4v) is 2.69. The van der Waals surface area contributed by atoms with Gasteiger partial charge in [-0.05, 0) is 29.8 Å². The Hall–Kier alpha value is -3.35. The molecule has 0 N–H and O–H groups in total. The first-order valence-electron chi connectivity index (χ1n) is 7.42. The number of esters is 1. The number of hydrogen-bond donors (Lipinski definition) is 0. The topological polar surface area (TPSA) is 87.9 Å². The van der Waals surface area contributed by atoms with Gasteiger partial charge in [-0.1, -0.05) is 12.1 Å². The van der Waals surface area contributed by atoms with Crippen molar-refractivity contribution in [1.82, 2.24) is 0 Å². The number of cyclic esters (lactones) is 1. The van der Waals surface area contributed by atoms with E-state index in [0.29, 0.717) is 22.6 Å². The number of carbonyl (C=O) groups is 1. The maximum Gasteiger partial charge on any atom is 0.339 e. The summed E-state index contributed by atoms with van der Waals surface area (Å²) in [5, 5.41) is 11.2. The van der Waals surface area contributed by atoms with E-state index in [4.69, 9.17) is 14.2 Å². The van der Waals surface area contributed by atoms with Gasteiger partial charge in [-0.15, -0.1) is 0 Å². The molecule has 0 unspecified atom stereocenters. The van der Waals surface area contributed by atoms with E-state index < -0.39 is 10.9 Å². The highest BCUT2D eigenvalue weighted by atomic mass is 16.6. The van der Waals surface area contributed by atoms with Gasteiger partial charge < -0.3 is 14.2 Å². The van der Waals surface area contributed by atoms with Crippen LogP contribution in [-0.4, -0.2) is 25.1 Å². The van der Waals surface area contributed by atoms with Gasteiger partial charge in [0, 0.05) is 11.6 Å². The summed E-state index contributed by atoms with van der Waals surface area (Å²) in [5.74, 6) is 0.437. The molecule has 0 aliphatic carbocycles. The number of nitro benzene ring substituents is 1. The summed E-state index contributed by atoms with van der Waals surface area (Å²) in [7, 11) is 3.01. The Morgan fingerprint density at radius 1 is 1.16 bits per heavy atom. The third kappa shape index (κ3) is 3.03. The molecule has 0 atom stereocenters. The molecule has 128 valence electrons. The van der Waals surface area contributed by atoms with Crippen LogP contribution in [0.4, 0.5) is 5.69 Å². The number of fused-ring (bicyclic) bond motifs is 1. The lowest BCUT2D eigenvalue weighted by Gasteiger charge is -2.21. The number of rotatable bonds is 4. The van der Waals surface area contributed by atoms with Gasteiger partial charge in [-0.25, -0.2) is 4.79 Å². The Labute approximate surface area is 143 Å². The average Bonchev–Trinajstić information content (AvgIpc) is 2.63. The van der Waals surface area contributed by atoms with Crippen LogP contribution < -0.4 is 9.47 Å². The molecular weight excluding hydrogens is 326 g/mol. The number of para-hydroxylation sites is 1. The zero-order valence-corrected chi connectivity index (χ0v) is 13.6. The van der Waals surface area contributed by atoms with Gasteiger partial charge in [0.05, 0.1) is 30.3 Å². The molecule has 0 bridgehead atoms. The van der Waals surface area contributed by atoms with Gasteiger partial charge in [-0.2, -0.15) is 0 Å². The lowest BCUT2D eigenvalue weighted by atomic mass is 9.95. The lowest BCUT2D eigenvalue weighted by molar-refractivity contribution is -0.385. The Kier molecular flexibility index (Phi) is 4.38. The number of ether oxygens (including phenoxy) is 3. The molecule has 0 amide bonds. The van der Waals surface area contributed by atoms with Crippen molar-refractivity contribution in [1.29, 1.82) is 0 Å². The van der Waals surface area contributed by atoms with Crippen molar-refractivity contribution < 1.29 is 23.9 Å². The summed E-state index contributed by atoms with van der Waals surface area (Å²) >= 11 is 0. The van der Waals surface area contributed by atoms with Crippen LogP contribution in [0, 0.1) is 10.1 Å². The minimum atomic E-state index is -0.544. The summed E-state index contributed by atoms with van der Waals surface area (Å²) in [6.45, 7) is 0.0999. The van der Waals surface area contributed by atoms with Gasteiger partial charge in [0.1, 0.15) is 6.61 Å².